The first-order valence-corrected chi connectivity index (χ1v) is 12.1. The van der Waals surface area contributed by atoms with E-state index in [4.69, 9.17) is 0 Å². The summed E-state index contributed by atoms with van der Waals surface area (Å²) in [7, 11) is 0. The second-order valence-corrected chi connectivity index (χ2v) is 8.90. The molecule has 2 aromatic carbocycles. The highest BCUT2D eigenvalue weighted by Gasteiger charge is 2.34. The topological polar surface area (TPSA) is 57.5 Å². The van der Waals surface area contributed by atoms with Crippen LogP contribution in [0.15, 0.2) is 54.6 Å². The largest absolute Gasteiger partial charge is 0.393 e. The predicted molar refractivity (Wildman–Crippen MR) is 128 cm³/mol. The Labute approximate surface area is 188 Å². The average Bonchev–Trinajstić information content (AvgIpc) is 2.77. The Morgan fingerprint density at radius 2 is 1.39 bits per heavy atom. The van der Waals surface area contributed by atoms with Gasteiger partial charge in [0.1, 0.15) is 0 Å². The fourth-order valence-corrected chi connectivity index (χ4v) is 4.40. The van der Waals surface area contributed by atoms with Gasteiger partial charge in [0, 0.05) is 17.5 Å². The molecule has 170 valence electrons. The maximum atomic E-state index is 13.1. The lowest BCUT2D eigenvalue weighted by Gasteiger charge is -2.32. The fraction of sp³-hybridized carbons (Fsp3) is 0.536. The van der Waals surface area contributed by atoms with Gasteiger partial charge in [-0.3, -0.25) is 4.79 Å². The van der Waals surface area contributed by atoms with Gasteiger partial charge in [-0.05, 0) is 18.9 Å². The Morgan fingerprint density at radius 3 is 2.00 bits per heavy atom. The van der Waals surface area contributed by atoms with Gasteiger partial charge in [-0.15, -0.1) is 0 Å². The highest BCUT2D eigenvalue weighted by atomic mass is 16.3. The molecule has 0 radical (unpaired) electrons. The van der Waals surface area contributed by atoms with E-state index >= 15 is 0 Å². The number of aliphatic hydroxyl groups is 2. The molecule has 0 aromatic heterocycles. The van der Waals surface area contributed by atoms with Crippen molar-refractivity contribution in [1.82, 2.24) is 0 Å². The summed E-state index contributed by atoms with van der Waals surface area (Å²) in [5.41, 5.74) is 0.547. The molecule has 0 heterocycles. The van der Waals surface area contributed by atoms with Crippen molar-refractivity contribution in [1.29, 1.82) is 0 Å². The Bertz CT molecular complexity index is 769. The molecule has 3 heteroatoms. The van der Waals surface area contributed by atoms with E-state index in [-0.39, 0.29) is 12.2 Å². The minimum absolute atomic E-state index is 0.0905. The van der Waals surface area contributed by atoms with Gasteiger partial charge >= 0.3 is 0 Å². The highest BCUT2D eigenvalue weighted by Crippen LogP contribution is 2.35. The molecule has 2 rings (SSSR count). The van der Waals surface area contributed by atoms with E-state index in [0.717, 1.165) is 12.8 Å². The Hall–Kier alpha value is -1.97. The van der Waals surface area contributed by atoms with E-state index in [9.17, 15) is 15.0 Å². The number of unbranched alkanes of at least 4 members (excludes halogenated alkanes) is 8. The molecule has 0 aliphatic rings. The number of hydrogen-bond acceptors (Lipinski definition) is 3. The molecule has 0 aliphatic carbocycles. The summed E-state index contributed by atoms with van der Waals surface area (Å²) >= 11 is 0. The van der Waals surface area contributed by atoms with Gasteiger partial charge in [-0.2, -0.15) is 0 Å². The molecular formula is C28H40O3. The van der Waals surface area contributed by atoms with Crippen molar-refractivity contribution in [2.24, 2.45) is 0 Å². The normalized spacial score (nSPS) is 14.2. The molecule has 0 fully saturated rings. The van der Waals surface area contributed by atoms with E-state index in [1.54, 1.807) is 25.1 Å². The van der Waals surface area contributed by atoms with Crippen molar-refractivity contribution in [3.05, 3.63) is 71.3 Å². The lowest BCUT2D eigenvalue weighted by Crippen LogP contribution is -2.32. The summed E-state index contributed by atoms with van der Waals surface area (Å²) in [6, 6.07) is 16.5. The number of aliphatic hydroxyl groups excluding tert-OH is 1. The SMILES string of the molecule is CCCCCCCCCCCC(O)(CC(C)O)c1ccccc1C(=O)c1ccccc1. The van der Waals surface area contributed by atoms with E-state index in [2.05, 4.69) is 6.92 Å². The number of ketones is 1. The molecule has 0 aliphatic heterocycles. The third kappa shape index (κ3) is 8.23. The van der Waals surface area contributed by atoms with Gasteiger partial charge < -0.3 is 10.2 Å². The molecule has 31 heavy (non-hydrogen) atoms. The Morgan fingerprint density at radius 1 is 0.839 bits per heavy atom. The monoisotopic (exact) mass is 424 g/mol. The number of rotatable bonds is 15. The zero-order chi connectivity index (χ0) is 22.5. The van der Waals surface area contributed by atoms with Crippen LogP contribution in [0.1, 0.15) is 106 Å². The summed E-state index contributed by atoms with van der Waals surface area (Å²) in [6.45, 7) is 3.93. The van der Waals surface area contributed by atoms with Crippen molar-refractivity contribution in [2.75, 3.05) is 0 Å². The minimum atomic E-state index is -1.21. The van der Waals surface area contributed by atoms with Crippen molar-refractivity contribution < 1.29 is 15.0 Å². The van der Waals surface area contributed by atoms with E-state index in [0.29, 0.717) is 23.1 Å². The molecule has 2 atom stereocenters. The van der Waals surface area contributed by atoms with E-state index in [1.165, 1.54) is 44.9 Å². The van der Waals surface area contributed by atoms with Crippen LogP contribution in [0.5, 0.6) is 0 Å². The number of carbonyl (C=O) groups is 1. The summed E-state index contributed by atoms with van der Waals surface area (Å²) in [5.74, 6) is -0.0905. The van der Waals surface area contributed by atoms with E-state index in [1.807, 2.05) is 36.4 Å². The molecule has 0 saturated carbocycles. The molecular weight excluding hydrogens is 384 g/mol. The average molecular weight is 425 g/mol. The van der Waals surface area contributed by atoms with Crippen LogP contribution >= 0.6 is 0 Å². The van der Waals surface area contributed by atoms with E-state index < -0.39 is 11.7 Å². The van der Waals surface area contributed by atoms with Crippen LogP contribution in [0.4, 0.5) is 0 Å². The van der Waals surface area contributed by atoms with Crippen LogP contribution < -0.4 is 0 Å². The number of carbonyl (C=O) groups excluding carboxylic acids is 1. The second kappa shape index (κ2) is 13.4. The zero-order valence-corrected chi connectivity index (χ0v) is 19.4. The Balaban J connectivity index is 2.05. The molecule has 2 N–H and O–H groups in total. The van der Waals surface area contributed by atoms with Crippen molar-refractivity contribution in [2.45, 2.75) is 96.2 Å². The Kier molecular flexibility index (Phi) is 11.0. The van der Waals surface area contributed by atoms with Crippen LogP contribution in [0.2, 0.25) is 0 Å². The molecule has 3 nitrogen and oxygen atoms in total. The van der Waals surface area contributed by atoms with Crippen molar-refractivity contribution >= 4 is 5.78 Å². The maximum absolute atomic E-state index is 13.1. The summed E-state index contributed by atoms with van der Waals surface area (Å²) in [6.07, 6.45) is 11.0. The van der Waals surface area contributed by atoms with Crippen molar-refractivity contribution in [3.63, 3.8) is 0 Å². The maximum Gasteiger partial charge on any atom is 0.193 e. The quantitative estimate of drug-likeness (QED) is 0.244. The first-order chi connectivity index (χ1) is 15.0. The minimum Gasteiger partial charge on any atom is -0.393 e. The van der Waals surface area contributed by atoms with Crippen LogP contribution in [0, 0.1) is 0 Å². The van der Waals surface area contributed by atoms with Gasteiger partial charge in [0.2, 0.25) is 0 Å². The smallest absolute Gasteiger partial charge is 0.193 e. The van der Waals surface area contributed by atoms with Gasteiger partial charge in [-0.1, -0.05) is 119 Å². The summed E-state index contributed by atoms with van der Waals surface area (Å²) in [4.78, 5) is 13.1. The molecule has 0 spiro atoms. The van der Waals surface area contributed by atoms with Gasteiger partial charge in [-0.25, -0.2) is 0 Å². The fourth-order valence-electron chi connectivity index (χ4n) is 4.40. The second-order valence-electron chi connectivity index (χ2n) is 8.90. The van der Waals surface area contributed by atoms with Gasteiger partial charge in [0.15, 0.2) is 5.78 Å². The van der Waals surface area contributed by atoms with Gasteiger partial charge in [0.25, 0.3) is 0 Å². The van der Waals surface area contributed by atoms with Crippen LogP contribution in [0.3, 0.4) is 0 Å². The van der Waals surface area contributed by atoms with Crippen LogP contribution in [-0.4, -0.2) is 22.1 Å². The highest BCUT2D eigenvalue weighted by molar-refractivity contribution is 6.10. The van der Waals surface area contributed by atoms with Crippen LogP contribution in [-0.2, 0) is 5.60 Å². The number of benzene rings is 2. The lowest BCUT2D eigenvalue weighted by atomic mass is 9.80. The first kappa shape index (κ1) is 25.3. The molecule has 0 amide bonds. The predicted octanol–water partition coefficient (Wildman–Crippen LogP) is 6.80. The first-order valence-electron chi connectivity index (χ1n) is 12.1. The summed E-state index contributed by atoms with van der Waals surface area (Å²) < 4.78 is 0. The zero-order valence-electron chi connectivity index (χ0n) is 19.4. The molecule has 2 aromatic rings. The standard InChI is InChI=1S/C28H40O3/c1-3-4-5-6-7-8-9-10-16-21-28(31,22-23(2)29)26-20-15-14-19-25(26)27(30)24-17-12-11-13-18-24/h11-15,17-20,23,29,31H,3-10,16,21-22H2,1-2H3. The van der Waals surface area contributed by atoms with Crippen LogP contribution in [0.25, 0.3) is 0 Å². The number of hydrogen-bond donors (Lipinski definition) is 2. The third-order valence-corrected chi connectivity index (χ3v) is 6.04. The third-order valence-electron chi connectivity index (χ3n) is 6.04. The lowest BCUT2D eigenvalue weighted by molar-refractivity contribution is -0.0198. The molecule has 2 unspecified atom stereocenters. The summed E-state index contributed by atoms with van der Waals surface area (Å²) in [5, 5.41) is 21.7. The molecule has 0 saturated heterocycles. The van der Waals surface area contributed by atoms with Crippen molar-refractivity contribution in [3.8, 4) is 0 Å². The molecule has 0 bridgehead atoms. The van der Waals surface area contributed by atoms with Gasteiger partial charge in [0.05, 0.1) is 11.7 Å².